The van der Waals surface area contributed by atoms with Crippen LogP contribution < -0.4 is 4.74 Å². The molecular formula is C11H11N3O2. The van der Waals surface area contributed by atoms with E-state index in [1.54, 1.807) is 36.3 Å². The first-order valence-electron chi connectivity index (χ1n) is 4.74. The molecule has 82 valence electrons. The molecule has 0 aromatic carbocycles. The van der Waals surface area contributed by atoms with Gasteiger partial charge in [0.1, 0.15) is 11.4 Å². The molecule has 2 aromatic rings. The maximum Gasteiger partial charge on any atom is 0.233 e. The number of ketones is 1. The van der Waals surface area contributed by atoms with Crippen molar-refractivity contribution in [2.45, 2.75) is 0 Å². The summed E-state index contributed by atoms with van der Waals surface area (Å²) < 4.78 is 6.74. The van der Waals surface area contributed by atoms with E-state index in [4.69, 9.17) is 4.74 Å². The Balaban J connectivity index is 2.46. The summed E-state index contributed by atoms with van der Waals surface area (Å²) >= 11 is 0. The number of ether oxygens (including phenoxy) is 1. The highest BCUT2D eigenvalue weighted by Crippen LogP contribution is 2.17. The first kappa shape index (κ1) is 10.4. The van der Waals surface area contributed by atoms with Crippen molar-refractivity contribution in [2.24, 2.45) is 7.05 Å². The number of imidazole rings is 1. The van der Waals surface area contributed by atoms with Crippen molar-refractivity contribution in [1.82, 2.24) is 14.5 Å². The maximum atomic E-state index is 12.1. The normalized spacial score (nSPS) is 10.1. The second-order valence-electron chi connectivity index (χ2n) is 3.27. The molecule has 0 atom stereocenters. The molecule has 2 heterocycles. The number of rotatable bonds is 3. The number of methoxy groups -OCH3 is 1. The maximum absolute atomic E-state index is 12.1. The molecule has 0 saturated heterocycles. The molecule has 0 saturated carbocycles. The van der Waals surface area contributed by atoms with Gasteiger partial charge in [-0.3, -0.25) is 4.79 Å². The Morgan fingerprint density at radius 2 is 2.31 bits per heavy atom. The Morgan fingerprint density at radius 3 is 2.94 bits per heavy atom. The van der Waals surface area contributed by atoms with Gasteiger partial charge < -0.3 is 9.30 Å². The van der Waals surface area contributed by atoms with Crippen molar-refractivity contribution < 1.29 is 9.53 Å². The Bertz CT molecular complexity index is 519. The van der Waals surface area contributed by atoms with Gasteiger partial charge in [-0.2, -0.15) is 0 Å². The molecular weight excluding hydrogens is 206 g/mol. The Kier molecular flexibility index (Phi) is 2.68. The molecule has 0 unspecified atom stereocenters. The fourth-order valence-corrected chi connectivity index (χ4v) is 1.42. The summed E-state index contributed by atoms with van der Waals surface area (Å²) in [6, 6.07) is 3.43. The molecule has 0 aliphatic carbocycles. The van der Waals surface area contributed by atoms with E-state index in [2.05, 4.69) is 9.97 Å². The van der Waals surface area contributed by atoms with Crippen LogP contribution in [0.25, 0.3) is 0 Å². The van der Waals surface area contributed by atoms with Crippen molar-refractivity contribution in [3.8, 4) is 5.75 Å². The molecule has 0 aliphatic rings. The summed E-state index contributed by atoms with van der Waals surface area (Å²) in [5, 5.41) is 0. The van der Waals surface area contributed by atoms with Gasteiger partial charge in [-0.25, -0.2) is 9.97 Å². The van der Waals surface area contributed by atoms with Gasteiger partial charge in [0.05, 0.1) is 19.6 Å². The fraction of sp³-hybridized carbons (Fsp3) is 0.182. The average molecular weight is 217 g/mol. The Labute approximate surface area is 92.7 Å². The largest absolute Gasteiger partial charge is 0.494 e. The Morgan fingerprint density at radius 1 is 1.50 bits per heavy atom. The van der Waals surface area contributed by atoms with Crippen LogP contribution in [0.3, 0.4) is 0 Å². The predicted molar refractivity (Wildman–Crippen MR) is 57.4 cm³/mol. The summed E-state index contributed by atoms with van der Waals surface area (Å²) in [7, 11) is 3.27. The van der Waals surface area contributed by atoms with Crippen LogP contribution in [0.4, 0.5) is 0 Å². The van der Waals surface area contributed by atoms with Gasteiger partial charge >= 0.3 is 0 Å². The first-order valence-corrected chi connectivity index (χ1v) is 4.74. The lowest BCUT2D eigenvalue weighted by Crippen LogP contribution is -2.10. The van der Waals surface area contributed by atoms with E-state index in [1.165, 1.54) is 13.3 Å². The minimum absolute atomic E-state index is 0.197. The smallest absolute Gasteiger partial charge is 0.233 e. The predicted octanol–water partition coefficient (Wildman–Crippen LogP) is 1.05. The average Bonchev–Trinajstić information content (AvgIpc) is 2.74. The molecule has 0 amide bonds. The summed E-state index contributed by atoms with van der Waals surface area (Å²) in [6.07, 6.45) is 4.64. The second-order valence-corrected chi connectivity index (χ2v) is 3.27. The highest BCUT2D eigenvalue weighted by Gasteiger charge is 2.18. The molecule has 5 nitrogen and oxygen atoms in total. The molecule has 0 bridgehead atoms. The van der Waals surface area contributed by atoms with Gasteiger partial charge in [0, 0.05) is 13.2 Å². The molecule has 0 N–H and O–H groups in total. The highest BCUT2D eigenvalue weighted by molar-refractivity contribution is 6.08. The molecule has 2 aromatic heterocycles. The zero-order chi connectivity index (χ0) is 11.5. The lowest BCUT2D eigenvalue weighted by Gasteiger charge is -2.05. The van der Waals surface area contributed by atoms with E-state index in [0.717, 1.165) is 0 Å². The molecule has 0 aliphatic heterocycles. The number of hydrogen-bond donors (Lipinski definition) is 0. The van der Waals surface area contributed by atoms with Crippen molar-refractivity contribution in [1.29, 1.82) is 0 Å². The van der Waals surface area contributed by atoms with Gasteiger partial charge in [0.25, 0.3) is 0 Å². The second kappa shape index (κ2) is 4.14. The van der Waals surface area contributed by atoms with Gasteiger partial charge in [-0.1, -0.05) is 0 Å². The van der Waals surface area contributed by atoms with Crippen LogP contribution in [0, 0.1) is 0 Å². The van der Waals surface area contributed by atoms with Crippen LogP contribution in [0.5, 0.6) is 5.75 Å². The lowest BCUT2D eigenvalue weighted by atomic mass is 10.2. The van der Waals surface area contributed by atoms with E-state index in [9.17, 15) is 4.79 Å². The SMILES string of the molecule is COc1cccnc1C(=O)c1cncn1C. The number of carbonyl (C=O) groups excluding carboxylic acids is 1. The van der Waals surface area contributed by atoms with Crippen LogP contribution in [-0.2, 0) is 7.05 Å². The van der Waals surface area contributed by atoms with Crippen LogP contribution in [-0.4, -0.2) is 27.4 Å². The number of aromatic nitrogens is 3. The van der Waals surface area contributed by atoms with Gasteiger partial charge in [-0.05, 0) is 12.1 Å². The number of pyridine rings is 1. The van der Waals surface area contributed by atoms with Crippen LogP contribution in [0.1, 0.15) is 16.2 Å². The van der Waals surface area contributed by atoms with Crippen LogP contribution in [0.2, 0.25) is 0 Å². The fourth-order valence-electron chi connectivity index (χ4n) is 1.42. The topological polar surface area (TPSA) is 57.0 Å². The molecule has 2 rings (SSSR count). The summed E-state index contributed by atoms with van der Waals surface area (Å²) in [6.45, 7) is 0. The van der Waals surface area contributed by atoms with Crippen molar-refractivity contribution in [3.05, 3.63) is 42.2 Å². The first-order chi connectivity index (χ1) is 7.74. The standard InChI is InChI=1S/C11H11N3O2/c1-14-7-12-6-8(14)11(15)10-9(16-2)4-3-5-13-10/h3-7H,1-2H3. The molecule has 0 spiro atoms. The monoisotopic (exact) mass is 217 g/mol. The van der Waals surface area contributed by atoms with E-state index >= 15 is 0 Å². The molecule has 0 fully saturated rings. The summed E-state index contributed by atoms with van der Waals surface area (Å²) in [5.74, 6) is 0.270. The number of hydrogen-bond acceptors (Lipinski definition) is 4. The highest BCUT2D eigenvalue weighted by atomic mass is 16.5. The van der Waals surface area contributed by atoms with E-state index < -0.39 is 0 Å². The zero-order valence-electron chi connectivity index (χ0n) is 9.04. The summed E-state index contributed by atoms with van der Waals surface area (Å²) in [4.78, 5) is 20.0. The quantitative estimate of drug-likeness (QED) is 0.721. The van der Waals surface area contributed by atoms with E-state index in [1.807, 2.05) is 0 Å². The summed E-state index contributed by atoms with van der Waals surface area (Å²) in [5.41, 5.74) is 0.783. The van der Waals surface area contributed by atoms with Gasteiger partial charge in [0.2, 0.25) is 5.78 Å². The van der Waals surface area contributed by atoms with Crippen molar-refractivity contribution in [3.63, 3.8) is 0 Å². The van der Waals surface area contributed by atoms with Gasteiger partial charge in [-0.15, -0.1) is 0 Å². The number of nitrogens with zero attached hydrogens (tertiary/aromatic N) is 3. The lowest BCUT2D eigenvalue weighted by molar-refractivity contribution is 0.102. The van der Waals surface area contributed by atoms with E-state index in [-0.39, 0.29) is 5.78 Å². The van der Waals surface area contributed by atoms with Crippen LogP contribution >= 0.6 is 0 Å². The Hall–Kier alpha value is -2.17. The molecule has 16 heavy (non-hydrogen) atoms. The van der Waals surface area contributed by atoms with Crippen molar-refractivity contribution >= 4 is 5.78 Å². The minimum atomic E-state index is -0.197. The molecule has 0 radical (unpaired) electrons. The van der Waals surface area contributed by atoms with Gasteiger partial charge in [0.15, 0.2) is 5.69 Å². The van der Waals surface area contributed by atoms with E-state index in [0.29, 0.717) is 17.1 Å². The number of aryl methyl sites for hydroxylation is 1. The third kappa shape index (κ3) is 1.67. The molecule has 5 heteroatoms. The zero-order valence-corrected chi connectivity index (χ0v) is 9.04. The third-order valence-corrected chi connectivity index (χ3v) is 2.26. The number of carbonyl (C=O) groups is 1. The van der Waals surface area contributed by atoms with Crippen molar-refractivity contribution in [2.75, 3.05) is 7.11 Å². The minimum Gasteiger partial charge on any atom is -0.494 e. The van der Waals surface area contributed by atoms with Crippen LogP contribution in [0.15, 0.2) is 30.9 Å². The third-order valence-electron chi connectivity index (χ3n) is 2.26.